The first kappa shape index (κ1) is 22.3. The van der Waals surface area contributed by atoms with E-state index in [0.717, 1.165) is 30.6 Å². The van der Waals surface area contributed by atoms with Gasteiger partial charge in [-0.2, -0.15) is 0 Å². The van der Waals surface area contributed by atoms with E-state index in [1.165, 1.54) is 13.5 Å². The van der Waals surface area contributed by atoms with Crippen LogP contribution in [0.1, 0.15) is 50.5 Å². The Balaban J connectivity index is 1.51. The molecule has 4 rings (SSSR count). The maximum atomic E-state index is 13.3. The molecule has 3 aliphatic rings. The van der Waals surface area contributed by atoms with Crippen LogP contribution < -0.4 is 4.74 Å². The van der Waals surface area contributed by atoms with Gasteiger partial charge < -0.3 is 14.5 Å². The lowest BCUT2D eigenvalue weighted by molar-refractivity contribution is -0.149. The summed E-state index contributed by atoms with van der Waals surface area (Å²) in [5.41, 5.74) is -0.639. The molecule has 1 aromatic carbocycles. The first-order chi connectivity index (χ1) is 15.4. The zero-order valence-electron chi connectivity index (χ0n) is 18.8. The smallest absolute Gasteiger partial charge is 0.242 e. The van der Waals surface area contributed by atoms with Crippen molar-refractivity contribution in [3.8, 4) is 5.75 Å². The summed E-state index contributed by atoms with van der Waals surface area (Å²) in [6.07, 6.45) is 5.38. The van der Waals surface area contributed by atoms with Crippen molar-refractivity contribution >= 4 is 23.6 Å². The number of methoxy groups -OCH3 is 1. The highest BCUT2D eigenvalue weighted by Gasteiger charge is 2.53. The van der Waals surface area contributed by atoms with Crippen LogP contribution in [0.15, 0.2) is 24.3 Å². The van der Waals surface area contributed by atoms with Gasteiger partial charge in [-0.3, -0.25) is 24.1 Å². The highest BCUT2D eigenvalue weighted by Crippen LogP contribution is 2.40. The van der Waals surface area contributed by atoms with Crippen molar-refractivity contribution in [2.45, 2.75) is 56.4 Å². The van der Waals surface area contributed by atoms with Crippen LogP contribution in [0.4, 0.5) is 0 Å². The fourth-order valence-electron chi connectivity index (χ4n) is 5.31. The van der Waals surface area contributed by atoms with Crippen molar-refractivity contribution in [2.24, 2.45) is 0 Å². The standard InChI is InChI=1S/C24H31N3O5/c1-25-20(28)14-24(23(25)31,17-8-10-19(32-2)11-9-17)15-21(29)26-12-13-27(22(30)16-26)18-6-4-3-5-7-18/h8-11,18H,3-7,12-16H2,1-2H3/t24-/m0/s1. The van der Waals surface area contributed by atoms with E-state index in [1.807, 2.05) is 4.90 Å². The molecule has 1 atom stereocenters. The van der Waals surface area contributed by atoms with Crippen molar-refractivity contribution in [2.75, 3.05) is 33.8 Å². The monoisotopic (exact) mass is 441 g/mol. The second kappa shape index (κ2) is 8.92. The van der Waals surface area contributed by atoms with E-state index < -0.39 is 5.41 Å². The van der Waals surface area contributed by atoms with Gasteiger partial charge in [0.05, 0.1) is 19.1 Å². The summed E-state index contributed by atoms with van der Waals surface area (Å²) < 4.78 is 5.20. The molecule has 8 nitrogen and oxygen atoms in total. The Labute approximate surface area is 188 Å². The number of hydrogen-bond acceptors (Lipinski definition) is 5. The van der Waals surface area contributed by atoms with Crippen molar-refractivity contribution < 1.29 is 23.9 Å². The minimum absolute atomic E-state index is 0.0269. The number of piperazine rings is 1. The van der Waals surface area contributed by atoms with Crippen LogP contribution in [-0.2, 0) is 24.6 Å². The molecule has 0 bridgehead atoms. The molecule has 3 fully saturated rings. The average Bonchev–Trinajstić information content (AvgIpc) is 3.03. The molecule has 8 heteroatoms. The van der Waals surface area contributed by atoms with E-state index in [4.69, 9.17) is 4.74 Å². The molecule has 4 amide bonds. The number of likely N-dealkylation sites (tertiary alicyclic amines) is 1. The molecule has 0 N–H and O–H groups in total. The predicted molar refractivity (Wildman–Crippen MR) is 117 cm³/mol. The van der Waals surface area contributed by atoms with E-state index in [0.29, 0.717) is 24.4 Å². The van der Waals surface area contributed by atoms with Gasteiger partial charge >= 0.3 is 0 Å². The normalized spacial score (nSPS) is 24.9. The Kier molecular flexibility index (Phi) is 6.22. The van der Waals surface area contributed by atoms with Gasteiger partial charge in [-0.05, 0) is 30.5 Å². The van der Waals surface area contributed by atoms with E-state index >= 15 is 0 Å². The quantitative estimate of drug-likeness (QED) is 0.650. The number of nitrogens with zero attached hydrogens (tertiary/aromatic N) is 3. The number of benzene rings is 1. The molecule has 172 valence electrons. The van der Waals surface area contributed by atoms with Gasteiger partial charge in [0.25, 0.3) is 0 Å². The van der Waals surface area contributed by atoms with Crippen molar-refractivity contribution in [1.82, 2.24) is 14.7 Å². The van der Waals surface area contributed by atoms with Crippen molar-refractivity contribution in [1.29, 1.82) is 0 Å². The van der Waals surface area contributed by atoms with Crippen molar-refractivity contribution in [3.05, 3.63) is 29.8 Å². The van der Waals surface area contributed by atoms with Gasteiger partial charge in [0.15, 0.2) is 0 Å². The predicted octanol–water partition coefficient (Wildman–Crippen LogP) is 1.72. The molecular formula is C24H31N3O5. The molecule has 0 radical (unpaired) electrons. The molecule has 1 aliphatic carbocycles. The van der Waals surface area contributed by atoms with Crippen LogP contribution in [0, 0.1) is 0 Å². The highest BCUT2D eigenvalue weighted by molar-refractivity contribution is 6.10. The highest BCUT2D eigenvalue weighted by atomic mass is 16.5. The number of rotatable bonds is 5. The number of carbonyl (C=O) groups is 4. The number of carbonyl (C=O) groups excluding carboxylic acids is 4. The molecule has 0 aromatic heterocycles. The van der Waals surface area contributed by atoms with E-state index in [1.54, 1.807) is 36.3 Å². The summed E-state index contributed by atoms with van der Waals surface area (Å²) >= 11 is 0. The summed E-state index contributed by atoms with van der Waals surface area (Å²) in [5, 5.41) is 0. The minimum atomic E-state index is -1.25. The molecule has 2 saturated heterocycles. The summed E-state index contributed by atoms with van der Waals surface area (Å²) in [5.74, 6) is -0.357. The number of amides is 4. The number of imide groups is 1. The fourth-order valence-corrected chi connectivity index (χ4v) is 5.31. The van der Waals surface area contributed by atoms with Gasteiger partial charge in [-0.1, -0.05) is 31.4 Å². The third kappa shape index (κ3) is 3.98. The molecule has 1 aromatic rings. The first-order valence-electron chi connectivity index (χ1n) is 11.4. The Morgan fingerprint density at radius 1 is 1.03 bits per heavy atom. The Bertz CT molecular complexity index is 909. The van der Waals surface area contributed by atoms with Crippen LogP contribution in [0.5, 0.6) is 5.75 Å². The van der Waals surface area contributed by atoms with Crippen LogP contribution in [0.2, 0.25) is 0 Å². The van der Waals surface area contributed by atoms with Crippen LogP contribution in [0.25, 0.3) is 0 Å². The third-order valence-electron chi connectivity index (χ3n) is 7.26. The third-order valence-corrected chi connectivity index (χ3v) is 7.26. The average molecular weight is 442 g/mol. The van der Waals surface area contributed by atoms with Crippen LogP contribution in [-0.4, -0.2) is 78.2 Å². The lowest BCUT2D eigenvalue weighted by Crippen LogP contribution is -2.56. The second-order valence-electron chi connectivity index (χ2n) is 9.12. The molecule has 32 heavy (non-hydrogen) atoms. The van der Waals surface area contributed by atoms with Gasteiger partial charge in [-0.25, -0.2) is 0 Å². The SMILES string of the molecule is COc1ccc([C@@]2(CC(=O)N3CCN(C4CCCCC4)C(=O)C3)CC(=O)N(C)C2=O)cc1. The molecule has 2 heterocycles. The van der Waals surface area contributed by atoms with Gasteiger partial charge in [-0.15, -0.1) is 0 Å². The van der Waals surface area contributed by atoms with E-state index in [2.05, 4.69) is 0 Å². The summed E-state index contributed by atoms with van der Waals surface area (Å²) in [4.78, 5) is 56.3. The Morgan fingerprint density at radius 3 is 2.28 bits per heavy atom. The lowest BCUT2D eigenvalue weighted by atomic mass is 9.75. The lowest BCUT2D eigenvalue weighted by Gasteiger charge is -2.41. The Morgan fingerprint density at radius 2 is 1.72 bits per heavy atom. The maximum Gasteiger partial charge on any atom is 0.242 e. The number of likely N-dealkylation sites (N-methyl/N-ethyl adjacent to an activating group) is 1. The molecule has 0 spiro atoms. The maximum absolute atomic E-state index is 13.3. The number of ether oxygens (including phenoxy) is 1. The van der Waals surface area contributed by atoms with E-state index in [-0.39, 0.29) is 49.1 Å². The summed E-state index contributed by atoms with van der Waals surface area (Å²) in [6, 6.07) is 7.21. The fraction of sp³-hybridized carbons (Fsp3) is 0.583. The Hall–Kier alpha value is -2.90. The molecule has 0 unspecified atom stereocenters. The van der Waals surface area contributed by atoms with Gasteiger partial charge in [0.2, 0.25) is 23.6 Å². The van der Waals surface area contributed by atoms with Gasteiger partial charge in [0, 0.05) is 39.0 Å². The zero-order chi connectivity index (χ0) is 22.9. The van der Waals surface area contributed by atoms with E-state index in [9.17, 15) is 19.2 Å². The minimum Gasteiger partial charge on any atom is -0.497 e. The van der Waals surface area contributed by atoms with Crippen LogP contribution in [0.3, 0.4) is 0 Å². The van der Waals surface area contributed by atoms with Crippen molar-refractivity contribution in [3.63, 3.8) is 0 Å². The molecule has 1 saturated carbocycles. The van der Waals surface area contributed by atoms with Gasteiger partial charge in [0.1, 0.15) is 5.75 Å². The number of hydrogen-bond donors (Lipinski definition) is 0. The first-order valence-corrected chi connectivity index (χ1v) is 11.4. The zero-order valence-corrected chi connectivity index (χ0v) is 18.8. The summed E-state index contributed by atoms with van der Waals surface area (Å²) in [6.45, 7) is 1.02. The van der Waals surface area contributed by atoms with Crippen LogP contribution >= 0.6 is 0 Å². The summed E-state index contributed by atoms with van der Waals surface area (Å²) in [7, 11) is 3.00. The molecular weight excluding hydrogens is 410 g/mol. The largest absolute Gasteiger partial charge is 0.497 e. The second-order valence-corrected chi connectivity index (χ2v) is 9.12. The topological polar surface area (TPSA) is 87.2 Å². The molecule has 2 aliphatic heterocycles.